The molecule has 1 N–H and O–H groups in total. The fraction of sp³-hybridized carbons (Fsp3) is 0.300. The highest BCUT2D eigenvalue weighted by atomic mass is 16.4. The third-order valence-corrected chi connectivity index (χ3v) is 2.56. The minimum absolute atomic E-state index is 0.0375. The fourth-order valence-electron chi connectivity index (χ4n) is 1.60. The van der Waals surface area contributed by atoms with Crippen LogP contribution in [0.2, 0.25) is 0 Å². The van der Waals surface area contributed by atoms with Crippen LogP contribution in [0.15, 0.2) is 18.3 Å². The average Bonchev–Trinajstić information content (AvgIpc) is 2.96. The molecule has 0 spiro atoms. The van der Waals surface area contributed by atoms with Crippen LogP contribution in [0.25, 0.3) is 5.65 Å². The molecule has 76 valence electrons. The van der Waals surface area contributed by atoms with Crippen LogP contribution in [0.1, 0.15) is 34.9 Å². The van der Waals surface area contributed by atoms with Gasteiger partial charge in [0.15, 0.2) is 11.3 Å². The topological polar surface area (TPSA) is 67.5 Å². The lowest BCUT2D eigenvalue weighted by Crippen LogP contribution is -1.95. The Morgan fingerprint density at radius 2 is 2.27 bits per heavy atom. The second-order valence-electron chi connectivity index (χ2n) is 3.77. The molecule has 0 bridgehead atoms. The van der Waals surface area contributed by atoms with Gasteiger partial charge >= 0.3 is 5.97 Å². The minimum Gasteiger partial charge on any atom is -0.476 e. The quantitative estimate of drug-likeness (QED) is 0.798. The number of imidazole rings is 1. The van der Waals surface area contributed by atoms with Crippen LogP contribution in [0.5, 0.6) is 0 Å². The minimum atomic E-state index is -1.02. The zero-order valence-electron chi connectivity index (χ0n) is 7.92. The van der Waals surface area contributed by atoms with Crippen LogP contribution < -0.4 is 0 Å². The number of aromatic carboxylic acids is 1. The van der Waals surface area contributed by atoms with E-state index in [0.29, 0.717) is 11.6 Å². The highest BCUT2D eigenvalue weighted by molar-refractivity contribution is 5.85. The van der Waals surface area contributed by atoms with Gasteiger partial charge in [0.1, 0.15) is 0 Å². The molecule has 0 unspecified atom stereocenters. The third kappa shape index (κ3) is 1.36. The molecule has 3 rings (SSSR count). The molecule has 1 aliphatic rings. The Kier molecular flexibility index (Phi) is 1.56. The summed E-state index contributed by atoms with van der Waals surface area (Å²) in [5.41, 5.74) is 1.64. The van der Waals surface area contributed by atoms with Crippen molar-refractivity contribution in [1.82, 2.24) is 14.6 Å². The Hall–Kier alpha value is -1.91. The molecule has 2 heterocycles. The summed E-state index contributed by atoms with van der Waals surface area (Å²) in [5, 5.41) is 13.1. The average molecular weight is 203 g/mol. The molecule has 0 radical (unpaired) electrons. The fourth-order valence-corrected chi connectivity index (χ4v) is 1.60. The van der Waals surface area contributed by atoms with Gasteiger partial charge in [0.25, 0.3) is 0 Å². The molecule has 0 aromatic carbocycles. The lowest BCUT2D eigenvalue weighted by Gasteiger charge is -1.96. The molecular formula is C10H9N3O2. The molecule has 0 amide bonds. The van der Waals surface area contributed by atoms with Crippen molar-refractivity contribution >= 4 is 11.6 Å². The van der Waals surface area contributed by atoms with Crippen LogP contribution in [0.3, 0.4) is 0 Å². The number of nitrogens with zero attached hydrogens (tertiary/aromatic N) is 3. The first kappa shape index (κ1) is 8.40. The summed E-state index contributed by atoms with van der Waals surface area (Å²) < 4.78 is 1.54. The summed E-state index contributed by atoms with van der Waals surface area (Å²) in [6.07, 6.45) is 3.81. The largest absolute Gasteiger partial charge is 0.476 e. The van der Waals surface area contributed by atoms with Gasteiger partial charge in [-0.1, -0.05) is 0 Å². The highest BCUT2D eigenvalue weighted by Gasteiger charge is 2.25. The van der Waals surface area contributed by atoms with Gasteiger partial charge in [0, 0.05) is 5.92 Å². The van der Waals surface area contributed by atoms with Crippen molar-refractivity contribution in [2.75, 3.05) is 0 Å². The number of hydrogen-bond donors (Lipinski definition) is 1. The van der Waals surface area contributed by atoms with Crippen molar-refractivity contribution in [1.29, 1.82) is 0 Å². The van der Waals surface area contributed by atoms with Crippen LogP contribution in [-0.2, 0) is 0 Å². The zero-order chi connectivity index (χ0) is 10.4. The normalized spacial score (nSPS) is 15.7. The molecule has 2 aromatic heterocycles. The SMILES string of the molecule is O=C(O)c1cn2nc(C3CC3)ccc2n1. The first-order chi connectivity index (χ1) is 7.24. The predicted octanol–water partition coefficient (Wildman–Crippen LogP) is 1.30. The van der Waals surface area contributed by atoms with Crippen LogP contribution in [0.4, 0.5) is 0 Å². The highest BCUT2D eigenvalue weighted by Crippen LogP contribution is 2.38. The number of hydrogen-bond acceptors (Lipinski definition) is 3. The van der Waals surface area contributed by atoms with E-state index in [0.717, 1.165) is 5.69 Å². The number of carboxylic acid groups (broad SMARTS) is 1. The second-order valence-corrected chi connectivity index (χ2v) is 3.77. The van der Waals surface area contributed by atoms with E-state index in [4.69, 9.17) is 5.11 Å². The van der Waals surface area contributed by atoms with Gasteiger partial charge in [-0.15, -0.1) is 0 Å². The summed E-state index contributed by atoms with van der Waals surface area (Å²) in [6.45, 7) is 0. The van der Waals surface area contributed by atoms with E-state index < -0.39 is 5.97 Å². The first-order valence-corrected chi connectivity index (χ1v) is 4.83. The Bertz CT molecular complexity index is 543. The number of carboxylic acids is 1. The van der Waals surface area contributed by atoms with E-state index in [2.05, 4.69) is 10.1 Å². The summed E-state index contributed by atoms with van der Waals surface area (Å²) in [4.78, 5) is 14.6. The van der Waals surface area contributed by atoms with E-state index in [9.17, 15) is 4.79 Å². The zero-order valence-corrected chi connectivity index (χ0v) is 7.92. The maximum atomic E-state index is 10.7. The third-order valence-electron chi connectivity index (χ3n) is 2.56. The van der Waals surface area contributed by atoms with Crippen molar-refractivity contribution < 1.29 is 9.90 Å². The van der Waals surface area contributed by atoms with Gasteiger partial charge in [0.2, 0.25) is 0 Å². The first-order valence-electron chi connectivity index (χ1n) is 4.83. The van der Waals surface area contributed by atoms with E-state index in [1.807, 2.05) is 12.1 Å². The Morgan fingerprint density at radius 1 is 1.47 bits per heavy atom. The Balaban J connectivity index is 2.13. The molecule has 1 saturated carbocycles. The van der Waals surface area contributed by atoms with E-state index >= 15 is 0 Å². The second kappa shape index (κ2) is 2.79. The molecule has 0 aliphatic heterocycles. The molecule has 0 saturated heterocycles. The number of fused-ring (bicyclic) bond motifs is 1. The molecule has 15 heavy (non-hydrogen) atoms. The van der Waals surface area contributed by atoms with Gasteiger partial charge in [-0.2, -0.15) is 5.10 Å². The maximum absolute atomic E-state index is 10.7. The monoisotopic (exact) mass is 203 g/mol. The van der Waals surface area contributed by atoms with Crippen molar-refractivity contribution in [2.24, 2.45) is 0 Å². The Labute approximate surface area is 85.4 Å². The van der Waals surface area contributed by atoms with Crippen molar-refractivity contribution in [3.05, 3.63) is 29.7 Å². The lowest BCUT2D eigenvalue weighted by molar-refractivity contribution is 0.0691. The van der Waals surface area contributed by atoms with Gasteiger partial charge in [-0.3, -0.25) is 0 Å². The van der Waals surface area contributed by atoms with Crippen molar-refractivity contribution in [3.8, 4) is 0 Å². The number of rotatable bonds is 2. The van der Waals surface area contributed by atoms with Crippen molar-refractivity contribution in [2.45, 2.75) is 18.8 Å². The van der Waals surface area contributed by atoms with E-state index in [1.54, 1.807) is 0 Å². The molecule has 0 atom stereocenters. The Morgan fingerprint density at radius 3 is 2.93 bits per heavy atom. The van der Waals surface area contributed by atoms with E-state index in [1.165, 1.54) is 23.6 Å². The van der Waals surface area contributed by atoms with Gasteiger partial charge in [-0.05, 0) is 25.0 Å². The van der Waals surface area contributed by atoms with Gasteiger partial charge in [0.05, 0.1) is 11.9 Å². The summed E-state index contributed by atoms with van der Waals surface area (Å²) >= 11 is 0. The van der Waals surface area contributed by atoms with E-state index in [-0.39, 0.29) is 5.69 Å². The van der Waals surface area contributed by atoms with Crippen LogP contribution in [0, 0.1) is 0 Å². The summed E-state index contributed by atoms with van der Waals surface area (Å²) in [6, 6.07) is 3.73. The standard InChI is InChI=1S/C10H9N3O2/c14-10(15)8-5-13-9(11-8)4-3-7(12-13)6-1-2-6/h3-6H,1-2H2,(H,14,15). The van der Waals surface area contributed by atoms with Gasteiger partial charge in [-0.25, -0.2) is 14.3 Å². The van der Waals surface area contributed by atoms with Gasteiger partial charge < -0.3 is 5.11 Å². The van der Waals surface area contributed by atoms with Crippen LogP contribution in [-0.4, -0.2) is 25.7 Å². The lowest BCUT2D eigenvalue weighted by atomic mass is 10.3. The molecule has 5 heteroatoms. The molecule has 1 aliphatic carbocycles. The molecule has 1 fully saturated rings. The maximum Gasteiger partial charge on any atom is 0.356 e. The number of aromatic nitrogens is 3. The molecule has 2 aromatic rings. The number of carbonyl (C=O) groups is 1. The summed E-state index contributed by atoms with van der Waals surface area (Å²) in [5.74, 6) is -0.460. The predicted molar refractivity (Wildman–Crippen MR) is 51.9 cm³/mol. The smallest absolute Gasteiger partial charge is 0.356 e. The molecule has 5 nitrogen and oxygen atoms in total. The summed E-state index contributed by atoms with van der Waals surface area (Å²) in [7, 11) is 0. The van der Waals surface area contributed by atoms with Crippen LogP contribution >= 0.6 is 0 Å². The van der Waals surface area contributed by atoms with Crippen molar-refractivity contribution in [3.63, 3.8) is 0 Å². The molecular weight excluding hydrogens is 194 g/mol.